The molecule has 0 radical (unpaired) electrons. The molecular formula is C20H39O3P. The Morgan fingerprint density at radius 2 is 1.12 bits per heavy atom. The van der Waals surface area contributed by atoms with Crippen molar-refractivity contribution in [3.8, 4) is 0 Å². The molecule has 4 heteroatoms. The van der Waals surface area contributed by atoms with Crippen molar-refractivity contribution >= 4 is 8.25 Å². The van der Waals surface area contributed by atoms with Crippen molar-refractivity contribution in [3.05, 3.63) is 0 Å². The molecule has 2 fully saturated rings. The molecule has 6 atom stereocenters. The molecule has 0 N–H and O–H groups in total. The number of rotatable bonds is 6. The standard InChI is InChI=1S/C20H39O3P/c1-13(2)17-9-7-15(5)11-19(17)22-24(21)23-20-12-16(6)8-10-18(20)14(3)4/h13-20,24H,7-12H2,1-6H3/t15-,16-,17+,18+,19?,20?/m1/s1. The first-order chi connectivity index (χ1) is 11.3. The third kappa shape index (κ3) is 5.58. The maximum Gasteiger partial charge on any atom is 0.319 e. The predicted molar refractivity (Wildman–Crippen MR) is 101 cm³/mol. The maximum atomic E-state index is 12.7. The van der Waals surface area contributed by atoms with E-state index in [9.17, 15) is 4.57 Å². The monoisotopic (exact) mass is 358 g/mol. The lowest BCUT2D eigenvalue weighted by Gasteiger charge is -2.39. The highest BCUT2D eigenvalue weighted by Crippen LogP contribution is 2.44. The summed E-state index contributed by atoms with van der Waals surface area (Å²) >= 11 is 0. The Balaban J connectivity index is 1.94. The van der Waals surface area contributed by atoms with E-state index in [2.05, 4.69) is 41.5 Å². The zero-order valence-electron chi connectivity index (χ0n) is 16.6. The molecule has 2 saturated carbocycles. The number of hydrogen-bond acceptors (Lipinski definition) is 3. The van der Waals surface area contributed by atoms with Crippen LogP contribution in [-0.2, 0) is 13.6 Å². The summed E-state index contributed by atoms with van der Waals surface area (Å²) in [7, 11) is -2.41. The van der Waals surface area contributed by atoms with Gasteiger partial charge in [0.2, 0.25) is 0 Å². The topological polar surface area (TPSA) is 35.5 Å². The molecule has 2 aliphatic rings. The van der Waals surface area contributed by atoms with Crippen molar-refractivity contribution < 1.29 is 13.6 Å². The van der Waals surface area contributed by atoms with Crippen molar-refractivity contribution in [1.29, 1.82) is 0 Å². The molecule has 142 valence electrons. The van der Waals surface area contributed by atoms with Gasteiger partial charge in [0, 0.05) is 0 Å². The van der Waals surface area contributed by atoms with Gasteiger partial charge in [-0.05, 0) is 61.2 Å². The summed E-state index contributed by atoms with van der Waals surface area (Å²) in [6.45, 7) is 13.6. The Bertz CT molecular complexity index is 374. The van der Waals surface area contributed by atoms with Crippen LogP contribution in [0.3, 0.4) is 0 Å². The van der Waals surface area contributed by atoms with Crippen LogP contribution >= 0.6 is 8.25 Å². The molecule has 2 rings (SSSR count). The highest BCUT2D eigenvalue weighted by Gasteiger charge is 2.36. The van der Waals surface area contributed by atoms with Crippen molar-refractivity contribution in [2.75, 3.05) is 0 Å². The van der Waals surface area contributed by atoms with Crippen LogP contribution in [0.5, 0.6) is 0 Å². The van der Waals surface area contributed by atoms with Crippen molar-refractivity contribution in [2.24, 2.45) is 35.5 Å². The summed E-state index contributed by atoms with van der Waals surface area (Å²) in [5.41, 5.74) is 0. The first-order valence-electron chi connectivity index (χ1n) is 10.1. The van der Waals surface area contributed by atoms with Gasteiger partial charge in [0.1, 0.15) is 0 Å². The van der Waals surface area contributed by atoms with Crippen LogP contribution in [0.1, 0.15) is 80.1 Å². The summed E-state index contributed by atoms with van der Waals surface area (Å²) < 4.78 is 24.7. The summed E-state index contributed by atoms with van der Waals surface area (Å²) in [5, 5.41) is 0. The molecule has 0 aromatic carbocycles. The second-order valence-electron chi connectivity index (χ2n) is 9.21. The minimum Gasteiger partial charge on any atom is -0.307 e. The van der Waals surface area contributed by atoms with Gasteiger partial charge in [0.15, 0.2) is 0 Å². The van der Waals surface area contributed by atoms with E-state index in [1.807, 2.05) is 0 Å². The van der Waals surface area contributed by atoms with Gasteiger partial charge in [0.05, 0.1) is 12.2 Å². The van der Waals surface area contributed by atoms with E-state index in [1.165, 1.54) is 25.7 Å². The van der Waals surface area contributed by atoms with Crippen LogP contribution in [0.25, 0.3) is 0 Å². The zero-order chi connectivity index (χ0) is 17.9. The third-order valence-electron chi connectivity index (χ3n) is 6.42. The Morgan fingerprint density at radius 1 is 0.750 bits per heavy atom. The Morgan fingerprint density at radius 3 is 1.46 bits per heavy atom. The van der Waals surface area contributed by atoms with Gasteiger partial charge in [0.25, 0.3) is 0 Å². The van der Waals surface area contributed by atoms with Crippen LogP contribution in [0.4, 0.5) is 0 Å². The fraction of sp³-hybridized carbons (Fsp3) is 1.00. The normalized spacial score (nSPS) is 39.3. The molecule has 0 heterocycles. The molecule has 0 aromatic heterocycles. The Kier molecular flexibility index (Phi) is 7.84. The number of hydrogen-bond donors (Lipinski definition) is 0. The average Bonchev–Trinajstić information content (AvgIpc) is 2.46. The molecule has 3 nitrogen and oxygen atoms in total. The van der Waals surface area contributed by atoms with E-state index >= 15 is 0 Å². The minimum absolute atomic E-state index is 0.110. The second-order valence-corrected chi connectivity index (χ2v) is 10.2. The quantitative estimate of drug-likeness (QED) is 0.520. The van der Waals surface area contributed by atoms with Crippen LogP contribution in [-0.4, -0.2) is 12.2 Å². The van der Waals surface area contributed by atoms with Gasteiger partial charge >= 0.3 is 8.25 Å². The van der Waals surface area contributed by atoms with Crippen LogP contribution < -0.4 is 0 Å². The van der Waals surface area contributed by atoms with Gasteiger partial charge in [-0.1, -0.05) is 54.4 Å². The van der Waals surface area contributed by atoms with Crippen molar-refractivity contribution in [2.45, 2.75) is 92.3 Å². The van der Waals surface area contributed by atoms with Crippen LogP contribution in [0, 0.1) is 35.5 Å². The van der Waals surface area contributed by atoms with E-state index in [0.29, 0.717) is 35.5 Å². The highest BCUT2D eigenvalue weighted by atomic mass is 31.1. The lowest BCUT2D eigenvalue weighted by atomic mass is 9.75. The lowest BCUT2D eigenvalue weighted by Crippen LogP contribution is -2.35. The van der Waals surface area contributed by atoms with E-state index in [1.54, 1.807) is 0 Å². The third-order valence-corrected chi connectivity index (χ3v) is 7.41. The van der Waals surface area contributed by atoms with Crippen LogP contribution in [0.15, 0.2) is 0 Å². The first-order valence-corrected chi connectivity index (χ1v) is 11.4. The molecule has 0 amide bonds. The fourth-order valence-corrected chi connectivity index (χ4v) is 5.87. The summed E-state index contributed by atoms with van der Waals surface area (Å²) in [6, 6.07) is 0. The minimum atomic E-state index is -2.41. The smallest absolute Gasteiger partial charge is 0.307 e. The van der Waals surface area contributed by atoms with Crippen LogP contribution in [0.2, 0.25) is 0 Å². The molecule has 0 saturated heterocycles. The fourth-order valence-electron chi connectivity index (χ4n) is 4.78. The SMILES string of the molecule is CC(C)[C@@H]1CC[C@@H](C)CC1O[PH](=O)OC1C[C@H](C)CC[C@H]1C(C)C. The Labute approximate surface area is 150 Å². The Hall–Kier alpha value is 0.150. The molecule has 24 heavy (non-hydrogen) atoms. The van der Waals surface area contributed by atoms with Gasteiger partial charge in [-0.15, -0.1) is 0 Å². The van der Waals surface area contributed by atoms with Gasteiger partial charge in [-0.2, -0.15) is 0 Å². The first kappa shape index (κ1) is 20.5. The second kappa shape index (κ2) is 9.19. The molecule has 0 aliphatic heterocycles. The molecule has 2 aliphatic carbocycles. The van der Waals surface area contributed by atoms with Gasteiger partial charge < -0.3 is 9.05 Å². The molecule has 2 unspecified atom stereocenters. The average molecular weight is 359 g/mol. The summed E-state index contributed by atoms with van der Waals surface area (Å²) in [5.74, 6) is 3.52. The zero-order valence-corrected chi connectivity index (χ0v) is 17.6. The molecule has 0 aromatic rings. The van der Waals surface area contributed by atoms with Crippen molar-refractivity contribution in [1.82, 2.24) is 0 Å². The molecule has 0 bridgehead atoms. The highest BCUT2D eigenvalue weighted by molar-refractivity contribution is 7.33. The van der Waals surface area contributed by atoms with E-state index in [4.69, 9.17) is 9.05 Å². The molecule has 0 spiro atoms. The summed E-state index contributed by atoms with van der Waals surface area (Å²) in [6.07, 6.45) is 7.17. The van der Waals surface area contributed by atoms with Crippen molar-refractivity contribution in [3.63, 3.8) is 0 Å². The van der Waals surface area contributed by atoms with E-state index in [0.717, 1.165) is 12.8 Å². The van der Waals surface area contributed by atoms with Gasteiger partial charge in [-0.25, -0.2) is 0 Å². The van der Waals surface area contributed by atoms with Gasteiger partial charge in [-0.3, -0.25) is 4.57 Å². The maximum absolute atomic E-state index is 12.7. The predicted octanol–water partition coefficient (Wildman–Crippen LogP) is 6.33. The van der Waals surface area contributed by atoms with E-state index in [-0.39, 0.29) is 12.2 Å². The lowest BCUT2D eigenvalue weighted by molar-refractivity contribution is 0.00532. The van der Waals surface area contributed by atoms with E-state index < -0.39 is 8.25 Å². The molecular weight excluding hydrogens is 319 g/mol. The largest absolute Gasteiger partial charge is 0.319 e. The summed E-state index contributed by atoms with van der Waals surface area (Å²) in [4.78, 5) is 0.